The molecule has 0 aliphatic heterocycles. The van der Waals surface area contributed by atoms with Gasteiger partial charge in [-0.25, -0.2) is 4.39 Å². The third kappa shape index (κ3) is 6.03. The molecule has 2 aromatic rings. The van der Waals surface area contributed by atoms with Crippen molar-refractivity contribution < 1.29 is 13.9 Å². The van der Waals surface area contributed by atoms with Crippen molar-refractivity contribution in [3.63, 3.8) is 0 Å². The monoisotopic (exact) mass is 523 g/mol. The van der Waals surface area contributed by atoms with E-state index >= 15 is 0 Å². The van der Waals surface area contributed by atoms with E-state index in [1.165, 1.54) is 6.07 Å². The first-order valence-electron chi connectivity index (χ1n) is 7.21. The molecule has 0 radical (unpaired) electrons. The van der Waals surface area contributed by atoms with Gasteiger partial charge >= 0.3 is 0 Å². The number of aliphatic imine (C=N–C) groups is 1. The molecule has 0 saturated heterocycles. The van der Waals surface area contributed by atoms with Crippen LogP contribution in [0.25, 0.3) is 0 Å². The van der Waals surface area contributed by atoms with Crippen LogP contribution in [-0.4, -0.2) is 27.2 Å². The van der Waals surface area contributed by atoms with Gasteiger partial charge in [0, 0.05) is 35.4 Å². The second kappa shape index (κ2) is 10.4. The van der Waals surface area contributed by atoms with E-state index in [-0.39, 0.29) is 29.8 Å². The summed E-state index contributed by atoms with van der Waals surface area (Å²) in [5.41, 5.74) is 1.32. The summed E-state index contributed by atoms with van der Waals surface area (Å²) in [6.07, 6.45) is 0. The van der Waals surface area contributed by atoms with Crippen molar-refractivity contribution in [2.75, 3.05) is 26.6 Å². The van der Waals surface area contributed by atoms with Gasteiger partial charge in [0.1, 0.15) is 5.82 Å². The normalized spacial score (nSPS) is 10.7. The number of nitrogens with zero attached hydrogens (tertiary/aromatic N) is 1. The lowest BCUT2D eigenvalue weighted by molar-refractivity contribution is 0.355. The van der Waals surface area contributed by atoms with Gasteiger partial charge in [-0.3, -0.25) is 4.99 Å². The molecule has 0 unspecified atom stereocenters. The van der Waals surface area contributed by atoms with Gasteiger partial charge in [-0.2, -0.15) is 0 Å². The molecule has 5 nitrogen and oxygen atoms in total. The average molecular weight is 524 g/mol. The summed E-state index contributed by atoms with van der Waals surface area (Å²) in [6, 6.07) is 10.4. The summed E-state index contributed by atoms with van der Waals surface area (Å²) in [4.78, 5) is 4.13. The second-order valence-corrected chi connectivity index (χ2v) is 5.77. The fourth-order valence-corrected chi connectivity index (χ4v) is 2.41. The molecule has 0 aromatic heterocycles. The van der Waals surface area contributed by atoms with Crippen LogP contribution in [0.5, 0.6) is 11.5 Å². The van der Waals surface area contributed by atoms with E-state index in [9.17, 15) is 4.39 Å². The molecule has 0 spiro atoms. The number of ether oxygens (including phenoxy) is 2. The van der Waals surface area contributed by atoms with E-state index in [0.717, 1.165) is 5.69 Å². The van der Waals surface area contributed by atoms with Gasteiger partial charge in [-0.1, -0.05) is 22.0 Å². The molecule has 0 aliphatic carbocycles. The summed E-state index contributed by atoms with van der Waals surface area (Å²) >= 11 is 3.24. The smallest absolute Gasteiger partial charge is 0.195 e. The SMILES string of the molecule is CN=C(NCc1ccc(Br)cc1F)Nc1ccc(OC)c(OC)c1.I. The molecule has 25 heavy (non-hydrogen) atoms. The van der Waals surface area contributed by atoms with Crippen LogP contribution in [0, 0.1) is 5.82 Å². The highest BCUT2D eigenvalue weighted by Crippen LogP contribution is 2.29. The van der Waals surface area contributed by atoms with Gasteiger partial charge < -0.3 is 20.1 Å². The van der Waals surface area contributed by atoms with Gasteiger partial charge in [0.05, 0.1) is 14.2 Å². The van der Waals surface area contributed by atoms with Crippen molar-refractivity contribution in [1.82, 2.24) is 5.32 Å². The molecule has 136 valence electrons. The van der Waals surface area contributed by atoms with E-state index in [1.807, 2.05) is 6.07 Å². The molecule has 0 aliphatic rings. The van der Waals surface area contributed by atoms with Crippen molar-refractivity contribution in [3.05, 3.63) is 52.3 Å². The predicted octanol–water partition coefficient (Wildman–Crippen LogP) is 4.41. The van der Waals surface area contributed by atoms with Crippen LogP contribution in [-0.2, 0) is 6.54 Å². The minimum atomic E-state index is -0.279. The fourth-order valence-electron chi connectivity index (χ4n) is 2.07. The second-order valence-electron chi connectivity index (χ2n) is 4.86. The number of halogens is 3. The number of rotatable bonds is 5. The summed E-state index contributed by atoms with van der Waals surface area (Å²) in [6.45, 7) is 0.312. The average Bonchev–Trinajstić information content (AvgIpc) is 2.59. The van der Waals surface area contributed by atoms with Crippen LogP contribution < -0.4 is 20.1 Å². The Kier molecular flexibility index (Phi) is 8.98. The molecule has 2 aromatic carbocycles. The Morgan fingerprint density at radius 1 is 1.12 bits per heavy atom. The van der Waals surface area contributed by atoms with Crippen LogP contribution in [0.4, 0.5) is 10.1 Å². The molecule has 0 fully saturated rings. The lowest BCUT2D eigenvalue weighted by Crippen LogP contribution is -2.30. The molecule has 0 heterocycles. The van der Waals surface area contributed by atoms with Crippen LogP contribution in [0.15, 0.2) is 45.9 Å². The first-order valence-corrected chi connectivity index (χ1v) is 8.00. The Morgan fingerprint density at radius 2 is 1.84 bits per heavy atom. The Labute approximate surface area is 172 Å². The Balaban J connectivity index is 0.00000312. The number of benzene rings is 2. The predicted molar refractivity (Wildman–Crippen MR) is 113 cm³/mol. The van der Waals surface area contributed by atoms with Crippen molar-refractivity contribution in [3.8, 4) is 11.5 Å². The molecule has 0 amide bonds. The van der Waals surface area contributed by atoms with E-state index in [2.05, 4.69) is 31.6 Å². The molecule has 0 saturated carbocycles. The molecule has 0 bridgehead atoms. The molecular formula is C17H20BrFIN3O2. The van der Waals surface area contributed by atoms with Crippen LogP contribution in [0.1, 0.15) is 5.56 Å². The van der Waals surface area contributed by atoms with Crippen molar-refractivity contribution in [2.45, 2.75) is 6.54 Å². The first kappa shape index (κ1) is 21.5. The minimum absolute atomic E-state index is 0. The van der Waals surface area contributed by atoms with Crippen LogP contribution in [0.3, 0.4) is 0 Å². The van der Waals surface area contributed by atoms with Gasteiger partial charge in [0.2, 0.25) is 0 Å². The summed E-state index contributed by atoms with van der Waals surface area (Å²) in [7, 11) is 4.80. The largest absolute Gasteiger partial charge is 0.493 e. The van der Waals surface area contributed by atoms with Gasteiger partial charge in [0.15, 0.2) is 17.5 Å². The van der Waals surface area contributed by atoms with Gasteiger partial charge in [-0.05, 0) is 24.3 Å². The molecule has 8 heteroatoms. The highest BCUT2D eigenvalue weighted by Gasteiger charge is 2.07. The van der Waals surface area contributed by atoms with E-state index < -0.39 is 0 Å². The molecule has 2 rings (SSSR count). The number of nitrogens with one attached hydrogen (secondary N) is 2. The third-order valence-corrected chi connectivity index (χ3v) is 3.82. The number of hydrogen-bond acceptors (Lipinski definition) is 3. The number of guanidine groups is 1. The van der Waals surface area contributed by atoms with Crippen LogP contribution in [0.2, 0.25) is 0 Å². The number of hydrogen-bond donors (Lipinski definition) is 2. The van der Waals surface area contributed by atoms with E-state index in [4.69, 9.17) is 9.47 Å². The molecular weight excluding hydrogens is 504 g/mol. The summed E-state index contributed by atoms with van der Waals surface area (Å²) < 4.78 is 25.0. The number of methoxy groups -OCH3 is 2. The number of anilines is 1. The van der Waals surface area contributed by atoms with Crippen LogP contribution >= 0.6 is 39.9 Å². The zero-order valence-electron chi connectivity index (χ0n) is 14.1. The summed E-state index contributed by atoms with van der Waals surface area (Å²) in [5, 5.41) is 6.20. The van der Waals surface area contributed by atoms with Crippen molar-refractivity contribution in [1.29, 1.82) is 0 Å². The Morgan fingerprint density at radius 3 is 2.44 bits per heavy atom. The van der Waals surface area contributed by atoms with Crippen molar-refractivity contribution >= 4 is 51.6 Å². The van der Waals surface area contributed by atoms with Gasteiger partial charge in [0.25, 0.3) is 0 Å². The Bertz CT molecular complexity index is 744. The fraction of sp³-hybridized carbons (Fsp3) is 0.235. The van der Waals surface area contributed by atoms with E-state index in [1.54, 1.807) is 45.5 Å². The minimum Gasteiger partial charge on any atom is -0.493 e. The highest BCUT2D eigenvalue weighted by molar-refractivity contribution is 14.0. The highest BCUT2D eigenvalue weighted by atomic mass is 127. The lowest BCUT2D eigenvalue weighted by atomic mass is 10.2. The quantitative estimate of drug-likeness (QED) is 0.346. The standard InChI is InChI=1S/C17H19BrFN3O2.HI/c1-20-17(21-10-11-4-5-12(18)8-14(11)19)22-13-6-7-15(23-2)16(9-13)24-3;/h4-9H,10H2,1-3H3,(H2,20,21,22);1H. The van der Waals surface area contributed by atoms with Gasteiger partial charge in [-0.15, -0.1) is 24.0 Å². The van der Waals surface area contributed by atoms with Crippen molar-refractivity contribution in [2.24, 2.45) is 4.99 Å². The maximum Gasteiger partial charge on any atom is 0.195 e. The van der Waals surface area contributed by atoms with E-state index in [0.29, 0.717) is 34.0 Å². The summed E-state index contributed by atoms with van der Waals surface area (Å²) in [5.74, 6) is 1.49. The third-order valence-electron chi connectivity index (χ3n) is 3.33. The Hall–Kier alpha value is -1.55. The zero-order chi connectivity index (χ0) is 17.5. The molecule has 0 atom stereocenters. The topological polar surface area (TPSA) is 54.9 Å². The first-order chi connectivity index (χ1) is 11.6. The lowest BCUT2D eigenvalue weighted by Gasteiger charge is -2.14. The molecule has 2 N–H and O–H groups in total. The maximum atomic E-state index is 13.9. The maximum absolute atomic E-state index is 13.9. The zero-order valence-corrected chi connectivity index (χ0v) is 18.0.